The highest BCUT2D eigenvalue weighted by Crippen LogP contribution is 2.16. The van der Waals surface area contributed by atoms with E-state index in [-0.39, 0.29) is 5.91 Å². The summed E-state index contributed by atoms with van der Waals surface area (Å²) in [7, 11) is 0. The predicted octanol–water partition coefficient (Wildman–Crippen LogP) is 1.98. The summed E-state index contributed by atoms with van der Waals surface area (Å²) in [6, 6.07) is 5.66. The van der Waals surface area contributed by atoms with Crippen molar-refractivity contribution in [1.29, 1.82) is 0 Å². The zero-order chi connectivity index (χ0) is 20.7. The lowest BCUT2D eigenvalue weighted by molar-refractivity contribution is -0.192. The Hall–Kier alpha value is -3.04. The second-order valence-electron chi connectivity index (χ2n) is 6.07. The van der Waals surface area contributed by atoms with Gasteiger partial charge in [-0.25, -0.2) is 14.8 Å². The van der Waals surface area contributed by atoms with Gasteiger partial charge < -0.3 is 10.0 Å². The number of alkyl halides is 3. The molecule has 1 N–H and O–H groups in total. The molecule has 0 saturated heterocycles. The van der Waals surface area contributed by atoms with Crippen LogP contribution in [-0.4, -0.2) is 56.1 Å². The van der Waals surface area contributed by atoms with E-state index in [1.807, 2.05) is 30.0 Å². The molecule has 0 unspecified atom stereocenters. The van der Waals surface area contributed by atoms with E-state index in [0.29, 0.717) is 6.42 Å². The molecule has 28 heavy (non-hydrogen) atoms. The minimum Gasteiger partial charge on any atom is -0.475 e. The number of aryl methyl sites for hydroxylation is 1. The number of nitrogens with zero attached hydrogens (tertiary/aromatic N) is 4. The number of carbonyl (C=O) groups excluding carboxylic acids is 1. The van der Waals surface area contributed by atoms with Gasteiger partial charge in [0.25, 0.3) is 0 Å². The Bertz CT molecular complexity index is 829. The number of fused-ring (bicyclic) bond motifs is 1. The van der Waals surface area contributed by atoms with Crippen molar-refractivity contribution in [2.24, 2.45) is 0 Å². The van der Waals surface area contributed by atoms with E-state index in [1.165, 1.54) is 5.56 Å². The maximum Gasteiger partial charge on any atom is 0.490 e. The van der Waals surface area contributed by atoms with Crippen LogP contribution in [0, 0.1) is 6.92 Å². The molecule has 1 aliphatic heterocycles. The van der Waals surface area contributed by atoms with Crippen molar-refractivity contribution >= 4 is 11.9 Å². The highest BCUT2D eigenvalue weighted by molar-refractivity contribution is 5.78. The minimum absolute atomic E-state index is 0.132. The van der Waals surface area contributed by atoms with Crippen molar-refractivity contribution in [2.75, 3.05) is 13.1 Å². The second-order valence-corrected chi connectivity index (χ2v) is 6.07. The van der Waals surface area contributed by atoms with Crippen molar-refractivity contribution in [1.82, 2.24) is 19.9 Å². The van der Waals surface area contributed by atoms with Gasteiger partial charge in [0, 0.05) is 42.8 Å². The number of hydrogen-bond donors (Lipinski definition) is 1. The summed E-state index contributed by atoms with van der Waals surface area (Å²) in [5.41, 5.74) is 4.13. The molecule has 3 heterocycles. The Balaban J connectivity index is 0.000000345. The van der Waals surface area contributed by atoms with Gasteiger partial charge in [-0.2, -0.15) is 13.2 Å². The zero-order valence-corrected chi connectivity index (χ0v) is 15.1. The van der Waals surface area contributed by atoms with Crippen molar-refractivity contribution < 1.29 is 27.9 Å². The molecule has 150 valence electrons. The van der Waals surface area contributed by atoms with Gasteiger partial charge in [0.2, 0.25) is 5.91 Å². The number of amides is 1. The van der Waals surface area contributed by atoms with E-state index in [4.69, 9.17) is 9.90 Å². The van der Waals surface area contributed by atoms with Crippen LogP contribution in [-0.2, 0) is 28.9 Å². The molecule has 0 radical (unpaired) electrons. The normalized spacial score (nSPS) is 13.6. The van der Waals surface area contributed by atoms with Crippen LogP contribution in [0.4, 0.5) is 13.2 Å². The van der Waals surface area contributed by atoms with Crippen LogP contribution in [0.3, 0.4) is 0 Å². The standard InChI is InChI=1S/C16H18N4O.C2HF3O2/c1-12-14-5-8-20(9-6-15(14)19-11-18-12)16(21)10-13-4-2-3-7-17-13;3-2(4,5)1(6)7/h2-4,7,11H,5-6,8-10H2,1H3;(H,6,7). The number of carbonyl (C=O) groups is 2. The van der Waals surface area contributed by atoms with Crippen LogP contribution in [0.15, 0.2) is 30.7 Å². The highest BCUT2D eigenvalue weighted by atomic mass is 19.4. The maximum absolute atomic E-state index is 12.4. The van der Waals surface area contributed by atoms with Crippen LogP contribution < -0.4 is 0 Å². The second kappa shape index (κ2) is 9.25. The summed E-state index contributed by atoms with van der Waals surface area (Å²) in [6.45, 7) is 3.45. The Kier molecular flexibility index (Phi) is 7.02. The Labute approximate surface area is 159 Å². The molecule has 0 saturated carbocycles. The SMILES string of the molecule is Cc1ncnc2c1CCN(C(=O)Cc1ccccn1)CC2.O=C(O)C(F)(F)F. The third kappa shape index (κ3) is 6.00. The Morgan fingerprint density at radius 3 is 2.43 bits per heavy atom. The minimum atomic E-state index is -5.08. The smallest absolute Gasteiger partial charge is 0.475 e. The molecule has 0 aromatic carbocycles. The average molecular weight is 396 g/mol. The molecule has 1 aliphatic rings. The third-order valence-electron chi connectivity index (χ3n) is 4.15. The molecule has 0 atom stereocenters. The summed E-state index contributed by atoms with van der Waals surface area (Å²) >= 11 is 0. The number of halogens is 3. The molecule has 2 aromatic rings. The van der Waals surface area contributed by atoms with Crippen LogP contribution in [0.1, 0.15) is 22.6 Å². The topological polar surface area (TPSA) is 96.3 Å². The van der Waals surface area contributed by atoms with Crippen LogP contribution in [0.2, 0.25) is 0 Å². The first-order valence-corrected chi connectivity index (χ1v) is 8.45. The molecule has 0 fully saturated rings. The average Bonchev–Trinajstić information content (AvgIpc) is 2.86. The maximum atomic E-state index is 12.4. The van der Waals surface area contributed by atoms with Crippen LogP contribution in [0.25, 0.3) is 0 Å². The number of carboxylic acid groups (broad SMARTS) is 1. The van der Waals surface area contributed by atoms with Gasteiger partial charge in [-0.3, -0.25) is 9.78 Å². The Morgan fingerprint density at radius 2 is 1.82 bits per heavy atom. The first-order chi connectivity index (χ1) is 13.2. The quantitative estimate of drug-likeness (QED) is 0.834. The van der Waals surface area contributed by atoms with E-state index in [1.54, 1.807) is 12.5 Å². The fourth-order valence-electron chi connectivity index (χ4n) is 2.71. The molecule has 0 bridgehead atoms. The van der Waals surface area contributed by atoms with Gasteiger partial charge >= 0.3 is 12.1 Å². The number of pyridine rings is 1. The van der Waals surface area contributed by atoms with E-state index < -0.39 is 12.1 Å². The first-order valence-electron chi connectivity index (χ1n) is 8.45. The highest BCUT2D eigenvalue weighted by Gasteiger charge is 2.38. The zero-order valence-electron chi connectivity index (χ0n) is 15.1. The third-order valence-corrected chi connectivity index (χ3v) is 4.15. The van der Waals surface area contributed by atoms with E-state index in [2.05, 4.69) is 15.0 Å². The van der Waals surface area contributed by atoms with E-state index >= 15 is 0 Å². The number of carboxylic acids is 1. The van der Waals surface area contributed by atoms with Gasteiger partial charge in [-0.15, -0.1) is 0 Å². The fourth-order valence-corrected chi connectivity index (χ4v) is 2.71. The summed E-state index contributed by atoms with van der Waals surface area (Å²) in [6.07, 6.45) is 0.240. The number of rotatable bonds is 2. The monoisotopic (exact) mass is 396 g/mol. The van der Waals surface area contributed by atoms with Gasteiger partial charge in [-0.1, -0.05) is 6.07 Å². The fraction of sp³-hybridized carbons (Fsp3) is 0.389. The lowest BCUT2D eigenvalue weighted by Crippen LogP contribution is -2.34. The van der Waals surface area contributed by atoms with Gasteiger partial charge in [-0.05, 0) is 31.0 Å². The predicted molar refractivity (Wildman–Crippen MR) is 92.4 cm³/mol. The van der Waals surface area contributed by atoms with Crippen molar-refractivity contribution in [3.63, 3.8) is 0 Å². The van der Waals surface area contributed by atoms with Crippen molar-refractivity contribution in [3.8, 4) is 0 Å². The number of hydrogen-bond acceptors (Lipinski definition) is 5. The molecule has 7 nitrogen and oxygen atoms in total. The van der Waals surface area contributed by atoms with Gasteiger partial charge in [0.05, 0.1) is 6.42 Å². The summed E-state index contributed by atoms with van der Waals surface area (Å²) in [4.78, 5) is 36.0. The summed E-state index contributed by atoms with van der Waals surface area (Å²) < 4.78 is 31.7. The number of aromatic nitrogens is 3. The van der Waals surface area contributed by atoms with Crippen LogP contribution in [0.5, 0.6) is 0 Å². The number of aliphatic carboxylic acids is 1. The molecule has 0 aliphatic carbocycles. The Morgan fingerprint density at radius 1 is 1.14 bits per heavy atom. The lowest BCUT2D eigenvalue weighted by Gasteiger charge is -2.19. The molecule has 10 heteroatoms. The molecule has 2 aromatic heterocycles. The molecule has 3 rings (SSSR count). The van der Waals surface area contributed by atoms with Crippen LogP contribution >= 0.6 is 0 Å². The molecule has 1 amide bonds. The molecular weight excluding hydrogens is 377 g/mol. The van der Waals surface area contributed by atoms with Crippen molar-refractivity contribution in [3.05, 3.63) is 53.4 Å². The van der Waals surface area contributed by atoms with Gasteiger partial charge in [0.15, 0.2) is 0 Å². The van der Waals surface area contributed by atoms with Gasteiger partial charge in [0.1, 0.15) is 6.33 Å². The van der Waals surface area contributed by atoms with Crippen molar-refractivity contribution in [2.45, 2.75) is 32.4 Å². The lowest BCUT2D eigenvalue weighted by atomic mass is 10.1. The first kappa shape index (κ1) is 21.3. The molecular formula is C18H19F3N4O3. The largest absolute Gasteiger partial charge is 0.490 e. The summed E-state index contributed by atoms with van der Waals surface area (Å²) in [5.74, 6) is -2.63. The molecule has 0 spiro atoms. The van der Waals surface area contributed by atoms with E-state index in [0.717, 1.165) is 43.0 Å². The van der Waals surface area contributed by atoms with E-state index in [9.17, 15) is 18.0 Å². The summed E-state index contributed by atoms with van der Waals surface area (Å²) in [5, 5.41) is 7.12.